The van der Waals surface area contributed by atoms with E-state index in [0.29, 0.717) is 28.6 Å². The van der Waals surface area contributed by atoms with E-state index in [1.807, 2.05) is 13.8 Å². The Bertz CT molecular complexity index is 421. The third kappa shape index (κ3) is 4.55. The highest BCUT2D eigenvalue weighted by molar-refractivity contribution is 6.33. The third-order valence-corrected chi connectivity index (χ3v) is 2.84. The first-order valence-electron chi connectivity index (χ1n) is 5.91. The molecule has 0 saturated heterocycles. The molecule has 0 heterocycles. The Balaban J connectivity index is 2.52. The van der Waals surface area contributed by atoms with Crippen LogP contribution in [-0.4, -0.2) is 23.7 Å². The number of amides is 1. The molecular formula is C13H19ClN2O2. The Hall–Kier alpha value is -1.26. The fourth-order valence-electron chi connectivity index (χ4n) is 1.63. The van der Waals surface area contributed by atoms with Gasteiger partial charge >= 0.3 is 0 Å². The summed E-state index contributed by atoms with van der Waals surface area (Å²) in [5, 5.41) is 12.7. The summed E-state index contributed by atoms with van der Waals surface area (Å²) < 4.78 is 0. The highest BCUT2D eigenvalue weighted by Gasteiger charge is 2.11. The zero-order valence-corrected chi connectivity index (χ0v) is 11.4. The summed E-state index contributed by atoms with van der Waals surface area (Å²) in [4.78, 5) is 11.8. The van der Waals surface area contributed by atoms with Crippen LogP contribution in [0.1, 0.15) is 30.6 Å². The van der Waals surface area contributed by atoms with Gasteiger partial charge in [-0.15, -0.1) is 0 Å². The number of nitrogens with two attached hydrogens (primary N) is 1. The molecule has 0 aromatic heterocycles. The van der Waals surface area contributed by atoms with Crippen LogP contribution in [0.25, 0.3) is 0 Å². The van der Waals surface area contributed by atoms with Gasteiger partial charge in [-0.25, -0.2) is 0 Å². The maximum absolute atomic E-state index is 11.8. The standard InChI is InChI=1S/C13H19ClN2O2/c1-8(2)5-10(17)7-16-13(18)9-3-4-11(14)12(15)6-9/h3-4,6,8,10,17H,5,7,15H2,1-2H3,(H,16,18). The molecule has 0 saturated carbocycles. The lowest BCUT2D eigenvalue weighted by atomic mass is 10.1. The fourth-order valence-corrected chi connectivity index (χ4v) is 1.74. The summed E-state index contributed by atoms with van der Waals surface area (Å²) in [5.74, 6) is 0.129. The largest absolute Gasteiger partial charge is 0.398 e. The molecule has 1 aromatic carbocycles. The van der Waals surface area contributed by atoms with Crippen LogP contribution in [-0.2, 0) is 0 Å². The lowest BCUT2D eigenvalue weighted by molar-refractivity contribution is 0.0900. The summed E-state index contributed by atoms with van der Waals surface area (Å²) in [5.41, 5.74) is 6.43. The molecule has 5 heteroatoms. The van der Waals surface area contributed by atoms with Crippen molar-refractivity contribution < 1.29 is 9.90 Å². The SMILES string of the molecule is CC(C)CC(O)CNC(=O)c1ccc(Cl)c(N)c1. The molecule has 18 heavy (non-hydrogen) atoms. The predicted octanol–water partition coefficient (Wildman–Crippen LogP) is 2.06. The van der Waals surface area contributed by atoms with Crippen molar-refractivity contribution in [3.63, 3.8) is 0 Å². The van der Waals surface area contributed by atoms with Crippen LogP contribution in [0.5, 0.6) is 0 Å². The van der Waals surface area contributed by atoms with Gasteiger partial charge in [0, 0.05) is 12.1 Å². The molecular weight excluding hydrogens is 252 g/mol. The lowest BCUT2D eigenvalue weighted by Crippen LogP contribution is -2.32. The number of anilines is 1. The van der Waals surface area contributed by atoms with Crippen LogP contribution in [0.3, 0.4) is 0 Å². The molecule has 0 radical (unpaired) electrons. The molecule has 1 aromatic rings. The molecule has 0 bridgehead atoms. The molecule has 1 rings (SSSR count). The minimum absolute atomic E-state index is 0.236. The molecule has 4 nitrogen and oxygen atoms in total. The molecule has 1 unspecified atom stereocenters. The molecule has 0 aliphatic rings. The van der Waals surface area contributed by atoms with Crippen LogP contribution in [0.2, 0.25) is 5.02 Å². The normalized spacial score (nSPS) is 12.5. The van der Waals surface area contributed by atoms with E-state index in [2.05, 4.69) is 5.32 Å². The van der Waals surface area contributed by atoms with E-state index < -0.39 is 6.10 Å². The number of nitrogen functional groups attached to an aromatic ring is 1. The van der Waals surface area contributed by atoms with E-state index in [4.69, 9.17) is 17.3 Å². The predicted molar refractivity (Wildman–Crippen MR) is 73.7 cm³/mol. The van der Waals surface area contributed by atoms with Crippen molar-refractivity contribution in [2.75, 3.05) is 12.3 Å². The highest BCUT2D eigenvalue weighted by Crippen LogP contribution is 2.19. The number of aliphatic hydroxyl groups is 1. The number of halogens is 1. The van der Waals surface area contributed by atoms with Crippen molar-refractivity contribution in [1.29, 1.82) is 0 Å². The summed E-state index contributed by atoms with van der Waals surface area (Å²) in [6.45, 7) is 4.27. The first-order chi connectivity index (χ1) is 8.40. The fraction of sp³-hybridized carbons (Fsp3) is 0.462. The van der Waals surface area contributed by atoms with Crippen LogP contribution < -0.4 is 11.1 Å². The van der Waals surface area contributed by atoms with E-state index in [-0.39, 0.29) is 12.5 Å². The van der Waals surface area contributed by atoms with Crippen LogP contribution in [0, 0.1) is 5.92 Å². The van der Waals surface area contributed by atoms with Crippen molar-refractivity contribution in [3.05, 3.63) is 28.8 Å². The molecule has 100 valence electrons. The number of rotatable bonds is 5. The lowest BCUT2D eigenvalue weighted by Gasteiger charge is -2.14. The second-order valence-electron chi connectivity index (χ2n) is 4.73. The average Bonchev–Trinajstić information content (AvgIpc) is 2.28. The Kier molecular flexibility index (Phi) is 5.44. The molecule has 0 fully saturated rings. The quantitative estimate of drug-likeness (QED) is 0.717. The van der Waals surface area contributed by atoms with Gasteiger partial charge < -0.3 is 16.2 Å². The van der Waals surface area contributed by atoms with Crippen molar-refractivity contribution in [2.24, 2.45) is 5.92 Å². The van der Waals surface area contributed by atoms with Gasteiger partial charge in [-0.3, -0.25) is 4.79 Å². The number of benzene rings is 1. The number of carbonyl (C=O) groups is 1. The van der Waals surface area contributed by atoms with Crippen LogP contribution >= 0.6 is 11.6 Å². The van der Waals surface area contributed by atoms with E-state index in [0.717, 1.165) is 0 Å². The molecule has 0 aliphatic heterocycles. The van der Waals surface area contributed by atoms with Crippen molar-refractivity contribution in [1.82, 2.24) is 5.32 Å². The Morgan fingerprint density at radius 1 is 1.50 bits per heavy atom. The maximum atomic E-state index is 11.8. The van der Waals surface area contributed by atoms with Gasteiger partial charge in [0.05, 0.1) is 16.8 Å². The average molecular weight is 271 g/mol. The zero-order chi connectivity index (χ0) is 13.7. The summed E-state index contributed by atoms with van der Waals surface area (Å²) >= 11 is 5.77. The maximum Gasteiger partial charge on any atom is 0.251 e. The number of hydrogen-bond donors (Lipinski definition) is 3. The second-order valence-corrected chi connectivity index (χ2v) is 5.14. The Labute approximate surface area is 112 Å². The molecule has 0 spiro atoms. The zero-order valence-electron chi connectivity index (χ0n) is 10.6. The highest BCUT2D eigenvalue weighted by atomic mass is 35.5. The van der Waals surface area contributed by atoms with Gasteiger partial charge in [0.1, 0.15) is 0 Å². The van der Waals surface area contributed by atoms with Gasteiger partial charge in [-0.2, -0.15) is 0 Å². The van der Waals surface area contributed by atoms with Crippen molar-refractivity contribution in [3.8, 4) is 0 Å². The number of hydrogen-bond acceptors (Lipinski definition) is 3. The smallest absolute Gasteiger partial charge is 0.251 e. The minimum atomic E-state index is -0.529. The van der Waals surface area contributed by atoms with Gasteiger partial charge in [0.2, 0.25) is 0 Å². The van der Waals surface area contributed by atoms with Crippen molar-refractivity contribution in [2.45, 2.75) is 26.4 Å². The topological polar surface area (TPSA) is 75.3 Å². The summed E-state index contributed by atoms with van der Waals surface area (Å²) in [7, 11) is 0. The summed E-state index contributed by atoms with van der Waals surface area (Å²) in [6.07, 6.45) is 0.127. The number of aliphatic hydroxyl groups excluding tert-OH is 1. The molecule has 0 aliphatic carbocycles. The number of nitrogens with one attached hydrogen (secondary N) is 1. The summed E-state index contributed by atoms with van der Waals surface area (Å²) in [6, 6.07) is 4.70. The Morgan fingerprint density at radius 2 is 2.17 bits per heavy atom. The van der Waals surface area contributed by atoms with Gasteiger partial charge in [0.15, 0.2) is 0 Å². The molecule has 1 atom stereocenters. The molecule has 1 amide bonds. The van der Waals surface area contributed by atoms with Gasteiger partial charge in [-0.05, 0) is 30.5 Å². The van der Waals surface area contributed by atoms with Crippen LogP contribution in [0.15, 0.2) is 18.2 Å². The first-order valence-corrected chi connectivity index (χ1v) is 6.29. The number of carbonyl (C=O) groups excluding carboxylic acids is 1. The first kappa shape index (κ1) is 14.8. The monoisotopic (exact) mass is 270 g/mol. The van der Waals surface area contributed by atoms with E-state index >= 15 is 0 Å². The Morgan fingerprint density at radius 3 is 2.72 bits per heavy atom. The molecule has 4 N–H and O–H groups in total. The van der Waals surface area contributed by atoms with E-state index in [1.165, 1.54) is 6.07 Å². The van der Waals surface area contributed by atoms with Gasteiger partial charge in [-0.1, -0.05) is 25.4 Å². The van der Waals surface area contributed by atoms with E-state index in [9.17, 15) is 9.90 Å². The minimum Gasteiger partial charge on any atom is -0.398 e. The third-order valence-electron chi connectivity index (χ3n) is 2.50. The van der Waals surface area contributed by atoms with Gasteiger partial charge in [0.25, 0.3) is 5.91 Å². The van der Waals surface area contributed by atoms with Crippen LogP contribution in [0.4, 0.5) is 5.69 Å². The second kappa shape index (κ2) is 6.61. The van der Waals surface area contributed by atoms with E-state index in [1.54, 1.807) is 12.1 Å². The van der Waals surface area contributed by atoms with Crippen molar-refractivity contribution >= 4 is 23.2 Å².